The van der Waals surface area contributed by atoms with Crippen molar-refractivity contribution < 1.29 is 0 Å². The van der Waals surface area contributed by atoms with Gasteiger partial charge in [-0.25, -0.2) is 0 Å². The zero-order chi connectivity index (χ0) is 12.3. The van der Waals surface area contributed by atoms with Gasteiger partial charge in [0.1, 0.15) is 0 Å². The Kier molecular flexibility index (Phi) is 4.87. The van der Waals surface area contributed by atoms with Crippen molar-refractivity contribution in [2.75, 3.05) is 19.6 Å². The van der Waals surface area contributed by atoms with E-state index in [0.29, 0.717) is 0 Å². The van der Waals surface area contributed by atoms with Crippen molar-refractivity contribution in [3.8, 4) is 0 Å². The topological polar surface area (TPSA) is 15.3 Å². The summed E-state index contributed by atoms with van der Waals surface area (Å²) >= 11 is 0. The van der Waals surface area contributed by atoms with Gasteiger partial charge in [0.15, 0.2) is 0 Å². The predicted molar refractivity (Wildman–Crippen MR) is 74.2 cm³/mol. The van der Waals surface area contributed by atoms with E-state index in [0.717, 1.165) is 23.9 Å². The Morgan fingerprint density at radius 2 is 2.18 bits per heavy atom. The molecule has 0 spiro atoms. The van der Waals surface area contributed by atoms with Crippen LogP contribution in [0.5, 0.6) is 0 Å². The van der Waals surface area contributed by atoms with Gasteiger partial charge in [0, 0.05) is 31.7 Å². The number of piperazine rings is 1. The van der Waals surface area contributed by atoms with Crippen molar-refractivity contribution in [1.29, 1.82) is 0 Å². The van der Waals surface area contributed by atoms with Crippen LogP contribution in [-0.2, 0) is 0 Å². The maximum Gasteiger partial charge on any atom is 0.0221 e. The van der Waals surface area contributed by atoms with Crippen LogP contribution in [0.4, 0.5) is 0 Å². The van der Waals surface area contributed by atoms with Crippen LogP contribution in [0.25, 0.3) is 0 Å². The van der Waals surface area contributed by atoms with Gasteiger partial charge in [-0.15, -0.1) is 0 Å². The van der Waals surface area contributed by atoms with Gasteiger partial charge in [-0.3, -0.25) is 4.90 Å². The smallest absolute Gasteiger partial charge is 0.0221 e. The highest BCUT2D eigenvalue weighted by Crippen LogP contribution is 2.28. The first-order valence-corrected chi connectivity index (χ1v) is 7.68. The fraction of sp³-hybridized carbons (Fsp3) is 1.00. The van der Waals surface area contributed by atoms with Crippen LogP contribution in [0.2, 0.25) is 0 Å². The minimum Gasteiger partial charge on any atom is -0.311 e. The summed E-state index contributed by atoms with van der Waals surface area (Å²) in [5.41, 5.74) is 0. The molecule has 2 nitrogen and oxygen atoms in total. The normalized spacial score (nSPS) is 37.9. The molecule has 2 fully saturated rings. The molecule has 1 heterocycles. The molecule has 2 aliphatic rings. The Balaban J connectivity index is 1.87. The van der Waals surface area contributed by atoms with Crippen molar-refractivity contribution in [2.24, 2.45) is 11.8 Å². The van der Waals surface area contributed by atoms with Gasteiger partial charge in [0.2, 0.25) is 0 Å². The SMILES string of the molecule is CCC(C)C1CN(C2CCCC(C)C2)CCN1. The molecular formula is C15H30N2. The van der Waals surface area contributed by atoms with Crippen LogP contribution in [0.1, 0.15) is 52.9 Å². The number of hydrogen-bond acceptors (Lipinski definition) is 2. The second kappa shape index (κ2) is 6.19. The van der Waals surface area contributed by atoms with Crippen LogP contribution in [0.15, 0.2) is 0 Å². The third kappa shape index (κ3) is 3.45. The molecule has 0 aromatic heterocycles. The molecule has 1 aliphatic heterocycles. The molecule has 4 unspecified atom stereocenters. The maximum atomic E-state index is 3.71. The molecule has 2 heteroatoms. The molecule has 1 saturated carbocycles. The van der Waals surface area contributed by atoms with Crippen molar-refractivity contribution in [3.05, 3.63) is 0 Å². The van der Waals surface area contributed by atoms with E-state index in [9.17, 15) is 0 Å². The first kappa shape index (κ1) is 13.4. The molecular weight excluding hydrogens is 208 g/mol. The summed E-state index contributed by atoms with van der Waals surface area (Å²) < 4.78 is 0. The van der Waals surface area contributed by atoms with Crippen LogP contribution in [0.3, 0.4) is 0 Å². The number of nitrogens with one attached hydrogen (secondary N) is 1. The predicted octanol–water partition coefficient (Wildman–Crippen LogP) is 2.89. The van der Waals surface area contributed by atoms with Crippen molar-refractivity contribution >= 4 is 0 Å². The van der Waals surface area contributed by atoms with Crippen LogP contribution >= 0.6 is 0 Å². The van der Waals surface area contributed by atoms with Crippen molar-refractivity contribution in [2.45, 2.75) is 65.0 Å². The van der Waals surface area contributed by atoms with E-state index in [1.807, 2.05) is 0 Å². The van der Waals surface area contributed by atoms with Gasteiger partial charge >= 0.3 is 0 Å². The summed E-state index contributed by atoms with van der Waals surface area (Å²) in [4.78, 5) is 2.78. The Bertz CT molecular complexity index is 229. The van der Waals surface area contributed by atoms with Gasteiger partial charge in [-0.1, -0.05) is 40.0 Å². The third-order valence-corrected chi connectivity index (χ3v) is 4.99. The van der Waals surface area contributed by atoms with Crippen LogP contribution in [0, 0.1) is 11.8 Å². The lowest BCUT2D eigenvalue weighted by Crippen LogP contribution is -2.56. The van der Waals surface area contributed by atoms with Gasteiger partial charge in [0.05, 0.1) is 0 Å². The minimum absolute atomic E-state index is 0.728. The summed E-state index contributed by atoms with van der Waals surface area (Å²) in [7, 11) is 0. The molecule has 0 bridgehead atoms. The van der Waals surface area contributed by atoms with Crippen LogP contribution < -0.4 is 5.32 Å². The molecule has 0 radical (unpaired) electrons. The standard InChI is InChI=1S/C15H30N2/c1-4-13(3)15-11-17(9-8-16-15)14-7-5-6-12(2)10-14/h12-16H,4-11H2,1-3H3. The van der Waals surface area contributed by atoms with Gasteiger partial charge in [-0.2, -0.15) is 0 Å². The van der Waals surface area contributed by atoms with E-state index in [2.05, 4.69) is 31.0 Å². The molecule has 0 aromatic carbocycles. The molecule has 2 rings (SSSR count). The number of rotatable bonds is 3. The second-order valence-corrected chi connectivity index (χ2v) is 6.37. The summed E-state index contributed by atoms with van der Waals surface area (Å²) in [5, 5.41) is 3.71. The van der Waals surface area contributed by atoms with Crippen molar-refractivity contribution in [1.82, 2.24) is 10.2 Å². The molecule has 1 aliphatic carbocycles. The highest BCUT2D eigenvalue weighted by Gasteiger charge is 2.30. The Hall–Kier alpha value is -0.0800. The fourth-order valence-electron chi connectivity index (χ4n) is 3.53. The van der Waals surface area contributed by atoms with Gasteiger partial charge in [-0.05, 0) is 24.7 Å². The molecule has 4 atom stereocenters. The van der Waals surface area contributed by atoms with Gasteiger partial charge < -0.3 is 5.32 Å². The minimum atomic E-state index is 0.728. The first-order chi connectivity index (χ1) is 8.20. The zero-order valence-electron chi connectivity index (χ0n) is 11.9. The quantitative estimate of drug-likeness (QED) is 0.813. The molecule has 17 heavy (non-hydrogen) atoms. The highest BCUT2D eigenvalue weighted by molar-refractivity contribution is 4.87. The molecule has 1 saturated heterocycles. The lowest BCUT2D eigenvalue weighted by atomic mass is 9.85. The average Bonchev–Trinajstić information content (AvgIpc) is 2.38. The highest BCUT2D eigenvalue weighted by atomic mass is 15.2. The Labute approximate surface area is 107 Å². The maximum absolute atomic E-state index is 3.71. The summed E-state index contributed by atoms with van der Waals surface area (Å²) in [5.74, 6) is 1.77. The average molecular weight is 238 g/mol. The number of nitrogens with zero attached hydrogens (tertiary/aromatic N) is 1. The zero-order valence-corrected chi connectivity index (χ0v) is 11.9. The van der Waals surface area contributed by atoms with E-state index >= 15 is 0 Å². The van der Waals surface area contributed by atoms with E-state index in [1.165, 1.54) is 51.7 Å². The Morgan fingerprint density at radius 3 is 2.88 bits per heavy atom. The third-order valence-electron chi connectivity index (χ3n) is 4.99. The van der Waals surface area contributed by atoms with E-state index in [-0.39, 0.29) is 0 Å². The molecule has 0 amide bonds. The molecule has 100 valence electrons. The molecule has 0 aromatic rings. The fourth-order valence-corrected chi connectivity index (χ4v) is 3.53. The molecule has 1 N–H and O–H groups in total. The lowest BCUT2D eigenvalue weighted by molar-refractivity contribution is 0.0866. The van der Waals surface area contributed by atoms with E-state index in [1.54, 1.807) is 0 Å². The lowest BCUT2D eigenvalue weighted by Gasteiger charge is -2.43. The van der Waals surface area contributed by atoms with E-state index < -0.39 is 0 Å². The summed E-state index contributed by atoms with van der Waals surface area (Å²) in [6.45, 7) is 10.9. The monoisotopic (exact) mass is 238 g/mol. The first-order valence-electron chi connectivity index (χ1n) is 7.68. The van der Waals surface area contributed by atoms with Gasteiger partial charge in [0.25, 0.3) is 0 Å². The second-order valence-electron chi connectivity index (χ2n) is 6.37. The van der Waals surface area contributed by atoms with Crippen molar-refractivity contribution in [3.63, 3.8) is 0 Å². The summed E-state index contributed by atoms with van der Waals surface area (Å²) in [6, 6.07) is 1.61. The largest absolute Gasteiger partial charge is 0.311 e. The van der Waals surface area contributed by atoms with Crippen LogP contribution in [-0.4, -0.2) is 36.6 Å². The Morgan fingerprint density at radius 1 is 1.35 bits per heavy atom. The summed E-state index contributed by atoms with van der Waals surface area (Å²) in [6.07, 6.45) is 7.08. The van der Waals surface area contributed by atoms with E-state index in [4.69, 9.17) is 0 Å². The number of hydrogen-bond donors (Lipinski definition) is 1.